The van der Waals surface area contributed by atoms with Crippen LogP contribution >= 0.6 is 11.8 Å². The Balaban J connectivity index is 0.000000451. The van der Waals surface area contributed by atoms with Crippen molar-refractivity contribution in [3.05, 3.63) is 33.7 Å². The van der Waals surface area contributed by atoms with Crippen LogP contribution in [0.2, 0.25) is 0 Å². The molecule has 8 nitrogen and oxygen atoms in total. The number of hydrazine groups is 1. The second-order valence-corrected chi connectivity index (χ2v) is 10.1. The minimum absolute atomic E-state index is 0.405. The van der Waals surface area contributed by atoms with E-state index in [1.54, 1.807) is 7.11 Å². The van der Waals surface area contributed by atoms with E-state index in [-0.39, 0.29) is 0 Å². The molecule has 1 fully saturated rings. The third-order valence-corrected chi connectivity index (χ3v) is 6.11. The van der Waals surface area contributed by atoms with Gasteiger partial charge >= 0.3 is 5.97 Å². The molecular formula is C24H43N5O3S. The molecule has 0 aromatic rings. The Hall–Kier alpha value is -1.81. The number of nitrogens with two attached hydrogens (primary N) is 1. The quantitative estimate of drug-likeness (QED) is 0.257. The standard InChI is InChI=1S/C16H25N3O3S.C8H18N2/c1-9(2)11-12(19-17)13(15(20)22-16(4,5)6)23-14(11)18-10(3)8-21-7;1-3-9-5-7-10(4-2)8-6-9/h8,19H,17H2,1-7H3;3-8H2,1-2H3/b10-8+,18-14?;. The number of esters is 1. The fraction of sp³-hybridized carbons (Fsp3) is 0.667. The second-order valence-electron chi connectivity index (χ2n) is 9.11. The van der Waals surface area contributed by atoms with Crippen molar-refractivity contribution in [2.45, 2.75) is 61.0 Å². The Morgan fingerprint density at radius 1 is 1.12 bits per heavy atom. The lowest BCUT2D eigenvalue weighted by Crippen LogP contribution is -2.45. The largest absolute Gasteiger partial charge is 0.502 e. The number of likely N-dealkylation sites (N-methyl/N-ethyl adjacent to an activating group) is 2. The van der Waals surface area contributed by atoms with E-state index in [2.05, 4.69) is 34.1 Å². The number of aliphatic imine (C=N–C) groups is 1. The lowest BCUT2D eigenvalue weighted by Gasteiger charge is -2.33. The molecule has 2 aliphatic heterocycles. The smallest absolute Gasteiger partial charge is 0.347 e. The molecule has 2 heterocycles. The first-order valence-electron chi connectivity index (χ1n) is 11.5. The van der Waals surface area contributed by atoms with Crippen molar-refractivity contribution >= 4 is 22.8 Å². The van der Waals surface area contributed by atoms with Gasteiger partial charge in [0.25, 0.3) is 0 Å². The highest BCUT2D eigenvalue weighted by Gasteiger charge is 2.34. The zero-order valence-corrected chi connectivity index (χ0v) is 22.7. The maximum absolute atomic E-state index is 12.4. The summed E-state index contributed by atoms with van der Waals surface area (Å²) in [5.74, 6) is 5.22. The number of hydrogen-bond donors (Lipinski definition) is 2. The summed E-state index contributed by atoms with van der Waals surface area (Å²) < 4.78 is 10.4. The van der Waals surface area contributed by atoms with Crippen LogP contribution in [0, 0.1) is 0 Å². The second kappa shape index (κ2) is 13.8. The van der Waals surface area contributed by atoms with Gasteiger partial charge in [0.1, 0.15) is 21.8 Å². The van der Waals surface area contributed by atoms with E-state index in [1.165, 1.54) is 57.3 Å². The van der Waals surface area contributed by atoms with E-state index in [4.69, 9.17) is 15.3 Å². The molecule has 0 spiro atoms. The third kappa shape index (κ3) is 9.52. The van der Waals surface area contributed by atoms with Gasteiger partial charge in [-0.2, -0.15) is 0 Å². The third-order valence-electron chi connectivity index (χ3n) is 5.04. The summed E-state index contributed by atoms with van der Waals surface area (Å²) in [7, 11) is 1.56. The number of hydrogen-bond acceptors (Lipinski definition) is 9. The fourth-order valence-corrected chi connectivity index (χ4v) is 4.53. The lowest BCUT2D eigenvalue weighted by molar-refractivity contribution is -0.148. The molecule has 0 unspecified atom stereocenters. The highest BCUT2D eigenvalue weighted by molar-refractivity contribution is 8.19. The van der Waals surface area contributed by atoms with Crippen molar-refractivity contribution in [1.82, 2.24) is 15.2 Å². The van der Waals surface area contributed by atoms with Gasteiger partial charge in [0.2, 0.25) is 0 Å². The highest BCUT2D eigenvalue weighted by Crippen LogP contribution is 2.39. The molecule has 0 bridgehead atoms. The van der Waals surface area contributed by atoms with Gasteiger partial charge in [-0.15, -0.1) is 0 Å². The van der Waals surface area contributed by atoms with E-state index in [0.717, 1.165) is 11.1 Å². The summed E-state index contributed by atoms with van der Waals surface area (Å²) in [5.41, 5.74) is 5.06. The highest BCUT2D eigenvalue weighted by atomic mass is 32.2. The van der Waals surface area contributed by atoms with Gasteiger partial charge in [-0.3, -0.25) is 5.84 Å². The minimum Gasteiger partial charge on any atom is -0.502 e. The van der Waals surface area contributed by atoms with Crippen molar-refractivity contribution in [2.75, 3.05) is 46.4 Å². The van der Waals surface area contributed by atoms with Gasteiger partial charge in [0, 0.05) is 31.8 Å². The first kappa shape index (κ1) is 29.2. The first-order valence-corrected chi connectivity index (χ1v) is 12.3. The van der Waals surface area contributed by atoms with E-state index in [9.17, 15) is 4.79 Å². The summed E-state index contributed by atoms with van der Waals surface area (Å²) in [6.45, 7) is 23.2. The molecule has 0 amide bonds. The van der Waals surface area contributed by atoms with Gasteiger partial charge in [0.05, 0.1) is 18.5 Å². The summed E-state index contributed by atoms with van der Waals surface area (Å²) >= 11 is 1.24. The van der Waals surface area contributed by atoms with Gasteiger partial charge in [0.15, 0.2) is 0 Å². The lowest BCUT2D eigenvalue weighted by atomic mass is 10.1. The number of nitrogens with zero attached hydrogens (tertiary/aromatic N) is 3. The number of carbonyl (C=O) groups excluding carboxylic acids is 1. The average molecular weight is 482 g/mol. The van der Waals surface area contributed by atoms with Crippen LogP contribution in [-0.4, -0.2) is 72.8 Å². The molecule has 0 atom stereocenters. The SMILES string of the molecule is CCN1CCN(CC)CC1.CO/C=C(\C)N=C1SC(C(=O)OC(C)(C)C)=C(NN)C1=C(C)C. The molecule has 0 saturated carbocycles. The summed E-state index contributed by atoms with van der Waals surface area (Å²) in [4.78, 5) is 22.4. The monoisotopic (exact) mass is 481 g/mol. The van der Waals surface area contributed by atoms with Crippen molar-refractivity contribution in [3.63, 3.8) is 0 Å². The molecule has 2 aliphatic rings. The average Bonchev–Trinajstić information content (AvgIpc) is 3.11. The van der Waals surface area contributed by atoms with E-state index >= 15 is 0 Å². The topological polar surface area (TPSA) is 92.4 Å². The van der Waals surface area contributed by atoms with Crippen LogP contribution in [0.5, 0.6) is 0 Å². The predicted octanol–water partition coefficient (Wildman–Crippen LogP) is 3.64. The fourth-order valence-electron chi connectivity index (χ4n) is 3.35. The van der Waals surface area contributed by atoms with E-state index < -0.39 is 11.6 Å². The van der Waals surface area contributed by atoms with Gasteiger partial charge in [-0.05, 0) is 54.6 Å². The molecule has 33 heavy (non-hydrogen) atoms. The molecule has 2 rings (SSSR count). The number of thioether (sulfide) groups is 1. The van der Waals surface area contributed by atoms with Crippen LogP contribution in [0.25, 0.3) is 0 Å². The number of carbonyl (C=O) groups is 1. The molecule has 1 saturated heterocycles. The number of allylic oxidation sites excluding steroid dienone is 3. The summed E-state index contributed by atoms with van der Waals surface area (Å²) in [6.07, 6.45) is 1.54. The van der Waals surface area contributed by atoms with Crippen LogP contribution < -0.4 is 11.3 Å². The number of nitrogens with one attached hydrogen (secondary N) is 1. The number of ether oxygens (including phenoxy) is 2. The number of piperazine rings is 1. The molecule has 3 N–H and O–H groups in total. The maximum atomic E-state index is 12.4. The van der Waals surface area contributed by atoms with Crippen LogP contribution in [0.3, 0.4) is 0 Å². The van der Waals surface area contributed by atoms with Crippen LogP contribution in [0.15, 0.2) is 38.7 Å². The molecular weight excluding hydrogens is 438 g/mol. The Morgan fingerprint density at radius 2 is 1.64 bits per heavy atom. The molecule has 0 aromatic heterocycles. The Morgan fingerprint density at radius 3 is 2.00 bits per heavy atom. The molecule has 0 aliphatic carbocycles. The molecule has 9 heteroatoms. The summed E-state index contributed by atoms with van der Waals surface area (Å²) in [5, 5.41) is 0.685. The van der Waals surface area contributed by atoms with E-state index in [0.29, 0.717) is 21.3 Å². The van der Waals surface area contributed by atoms with Gasteiger partial charge < -0.3 is 24.7 Å². The summed E-state index contributed by atoms with van der Waals surface area (Å²) in [6, 6.07) is 0. The first-order chi connectivity index (χ1) is 15.5. The van der Waals surface area contributed by atoms with Crippen LogP contribution in [-0.2, 0) is 14.3 Å². The Labute approximate surface area is 204 Å². The molecule has 0 aromatic carbocycles. The zero-order chi connectivity index (χ0) is 25.2. The Bertz CT molecular complexity index is 772. The molecule has 188 valence electrons. The zero-order valence-electron chi connectivity index (χ0n) is 21.9. The van der Waals surface area contributed by atoms with Gasteiger partial charge in [-0.25, -0.2) is 9.79 Å². The predicted molar refractivity (Wildman–Crippen MR) is 139 cm³/mol. The number of rotatable bonds is 6. The minimum atomic E-state index is -0.582. The van der Waals surface area contributed by atoms with Crippen LogP contribution in [0.1, 0.15) is 55.4 Å². The van der Waals surface area contributed by atoms with Crippen LogP contribution in [0.4, 0.5) is 0 Å². The number of methoxy groups -OCH3 is 1. The van der Waals surface area contributed by atoms with Crippen molar-refractivity contribution in [1.29, 1.82) is 0 Å². The van der Waals surface area contributed by atoms with Crippen molar-refractivity contribution in [2.24, 2.45) is 10.8 Å². The van der Waals surface area contributed by atoms with Crippen molar-refractivity contribution in [3.8, 4) is 0 Å². The molecule has 0 radical (unpaired) electrons. The Kier molecular flexibility index (Phi) is 12.2. The normalized spacial score (nSPS) is 19.4. The van der Waals surface area contributed by atoms with E-state index in [1.807, 2.05) is 41.5 Å². The van der Waals surface area contributed by atoms with Crippen molar-refractivity contribution < 1.29 is 14.3 Å². The van der Waals surface area contributed by atoms with Gasteiger partial charge in [-0.1, -0.05) is 31.2 Å². The maximum Gasteiger partial charge on any atom is 0.347 e.